The second-order valence-corrected chi connectivity index (χ2v) is 4.98. The molecule has 0 amide bonds. The van der Waals surface area contributed by atoms with E-state index in [9.17, 15) is 0 Å². The van der Waals surface area contributed by atoms with Crippen LogP contribution in [0.2, 0.25) is 0 Å². The van der Waals surface area contributed by atoms with Crippen molar-refractivity contribution in [2.45, 2.75) is 38.3 Å². The minimum atomic E-state index is 0.469. The SMILES string of the molecule is CCNC(CC1CCCO1)c1cccs1. The normalized spacial score (nSPS) is 23.1. The van der Waals surface area contributed by atoms with Gasteiger partial charge in [0, 0.05) is 17.5 Å². The van der Waals surface area contributed by atoms with Gasteiger partial charge in [-0.2, -0.15) is 0 Å². The van der Waals surface area contributed by atoms with Crippen LogP contribution in [0.1, 0.15) is 37.1 Å². The highest BCUT2D eigenvalue weighted by molar-refractivity contribution is 7.10. The van der Waals surface area contributed by atoms with Gasteiger partial charge in [-0.3, -0.25) is 0 Å². The molecule has 2 heterocycles. The van der Waals surface area contributed by atoms with Gasteiger partial charge in [0.05, 0.1) is 6.10 Å². The third-order valence-corrected chi connectivity index (χ3v) is 3.85. The fraction of sp³-hybridized carbons (Fsp3) is 0.667. The molecule has 84 valence electrons. The molecule has 0 saturated carbocycles. The van der Waals surface area contributed by atoms with Crippen molar-refractivity contribution in [2.75, 3.05) is 13.2 Å². The first-order valence-electron chi connectivity index (χ1n) is 5.78. The first-order valence-corrected chi connectivity index (χ1v) is 6.66. The predicted molar refractivity (Wildman–Crippen MR) is 64.3 cm³/mol. The quantitative estimate of drug-likeness (QED) is 0.832. The van der Waals surface area contributed by atoms with Crippen LogP contribution in [0.3, 0.4) is 0 Å². The molecule has 1 aromatic rings. The minimum Gasteiger partial charge on any atom is -0.378 e. The molecule has 0 aliphatic carbocycles. The smallest absolute Gasteiger partial charge is 0.0594 e. The maximum absolute atomic E-state index is 5.69. The second-order valence-electron chi connectivity index (χ2n) is 4.00. The van der Waals surface area contributed by atoms with E-state index >= 15 is 0 Å². The summed E-state index contributed by atoms with van der Waals surface area (Å²) in [7, 11) is 0. The fourth-order valence-corrected chi connectivity index (χ4v) is 2.94. The van der Waals surface area contributed by atoms with Crippen LogP contribution in [0.25, 0.3) is 0 Å². The zero-order valence-corrected chi connectivity index (χ0v) is 10.1. The van der Waals surface area contributed by atoms with Crippen LogP contribution in [-0.4, -0.2) is 19.3 Å². The Morgan fingerprint density at radius 3 is 3.20 bits per heavy atom. The first kappa shape index (κ1) is 11.1. The first-order chi connectivity index (χ1) is 7.40. The van der Waals surface area contributed by atoms with E-state index in [-0.39, 0.29) is 0 Å². The van der Waals surface area contributed by atoms with Gasteiger partial charge in [0.2, 0.25) is 0 Å². The summed E-state index contributed by atoms with van der Waals surface area (Å²) < 4.78 is 5.69. The lowest BCUT2D eigenvalue weighted by Crippen LogP contribution is -2.24. The van der Waals surface area contributed by atoms with Crippen molar-refractivity contribution in [3.05, 3.63) is 22.4 Å². The van der Waals surface area contributed by atoms with Gasteiger partial charge in [-0.15, -0.1) is 11.3 Å². The average Bonchev–Trinajstić information content (AvgIpc) is 2.89. The maximum atomic E-state index is 5.69. The van der Waals surface area contributed by atoms with Crippen molar-refractivity contribution in [1.29, 1.82) is 0 Å². The molecule has 2 nitrogen and oxygen atoms in total. The lowest BCUT2D eigenvalue weighted by molar-refractivity contribution is 0.0951. The Labute approximate surface area is 95.6 Å². The molecular formula is C12H19NOS. The Morgan fingerprint density at radius 2 is 2.60 bits per heavy atom. The summed E-state index contributed by atoms with van der Waals surface area (Å²) in [6.07, 6.45) is 4.05. The van der Waals surface area contributed by atoms with E-state index in [1.807, 2.05) is 11.3 Å². The summed E-state index contributed by atoms with van der Waals surface area (Å²) in [5.74, 6) is 0. The molecule has 1 N–H and O–H groups in total. The van der Waals surface area contributed by atoms with E-state index < -0.39 is 0 Å². The summed E-state index contributed by atoms with van der Waals surface area (Å²) >= 11 is 1.84. The number of rotatable bonds is 5. The van der Waals surface area contributed by atoms with Crippen LogP contribution < -0.4 is 5.32 Å². The predicted octanol–water partition coefficient (Wildman–Crippen LogP) is 2.97. The van der Waals surface area contributed by atoms with Crippen LogP contribution in [-0.2, 0) is 4.74 Å². The van der Waals surface area contributed by atoms with Crippen molar-refractivity contribution in [1.82, 2.24) is 5.32 Å². The number of nitrogens with one attached hydrogen (secondary N) is 1. The van der Waals surface area contributed by atoms with E-state index in [0.29, 0.717) is 12.1 Å². The lowest BCUT2D eigenvalue weighted by atomic mass is 10.1. The van der Waals surface area contributed by atoms with Gasteiger partial charge in [0.1, 0.15) is 0 Å². The molecular weight excluding hydrogens is 206 g/mol. The Morgan fingerprint density at radius 1 is 1.67 bits per heavy atom. The van der Waals surface area contributed by atoms with E-state index in [2.05, 4.69) is 29.8 Å². The lowest BCUT2D eigenvalue weighted by Gasteiger charge is -2.19. The molecule has 1 aliphatic heterocycles. The Balaban J connectivity index is 1.93. The summed E-state index contributed by atoms with van der Waals surface area (Å²) in [6, 6.07) is 4.82. The molecule has 2 rings (SSSR count). The number of hydrogen-bond donors (Lipinski definition) is 1. The molecule has 0 bridgehead atoms. The number of thiophene rings is 1. The van der Waals surface area contributed by atoms with Gasteiger partial charge in [-0.1, -0.05) is 13.0 Å². The summed E-state index contributed by atoms with van der Waals surface area (Å²) in [5.41, 5.74) is 0. The van der Waals surface area contributed by atoms with Crippen molar-refractivity contribution in [2.24, 2.45) is 0 Å². The van der Waals surface area contributed by atoms with Gasteiger partial charge in [-0.05, 0) is 37.3 Å². The zero-order chi connectivity index (χ0) is 10.5. The third kappa shape index (κ3) is 3.03. The highest BCUT2D eigenvalue weighted by Crippen LogP contribution is 2.27. The van der Waals surface area contributed by atoms with Gasteiger partial charge in [-0.25, -0.2) is 0 Å². The van der Waals surface area contributed by atoms with E-state index in [4.69, 9.17) is 4.74 Å². The number of ether oxygens (including phenoxy) is 1. The van der Waals surface area contributed by atoms with Crippen molar-refractivity contribution in [3.8, 4) is 0 Å². The second kappa shape index (κ2) is 5.64. The van der Waals surface area contributed by atoms with Crippen LogP contribution in [0.5, 0.6) is 0 Å². The highest BCUT2D eigenvalue weighted by atomic mass is 32.1. The Hall–Kier alpha value is -0.380. The molecule has 0 radical (unpaired) electrons. The van der Waals surface area contributed by atoms with Crippen LogP contribution >= 0.6 is 11.3 Å². The largest absolute Gasteiger partial charge is 0.378 e. The fourth-order valence-electron chi connectivity index (χ4n) is 2.13. The molecule has 15 heavy (non-hydrogen) atoms. The summed E-state index contributed by atoms with van der Waals surface area (Å²) in [6.45, 7) is 4.14. The molecule has 1 aromatic heterocycles. The summed E-state index contributed by atoms with van der Waals surface area (Å²) in [5, 5.41) is 5.69. The molecule has 0 aromatic carbocycles. The number of hydrogen-bond acceptors (Lipinski definition) is 3. The van der Waals surface area contributed by atoms with Gasteiger partial charge >= 0.3 is 0 Å². The summed E-state index contributed by atoms with van der Waals surface area (Å²) in [4.78, 5) is 1.44. The third-order valence-electron chi connectivity index (χ3n) is 2.86. The van der Waals surface area contributed by atoms with Crippen LogP contribution in [0, 0.1) is 0 Å². The Kier molecular flexibility index (Phi) is 4.18. The Bertz CT molecular complexity index is 267. The minimum absolute atomic E-state index is 0.469. The van der Waals surface area contributed by atoms with Gasteiger partial charge < -0.3 is 10.1 Å². The molecule has 1 saturated heterocycles. The topological polar surface area (TPSA) is 21.3 Å². The van der Waals surface area contributed by atoms with Crippen molar-refractivity contribution < 1.29 is 4.74 Å². The molecule has 2 unspecified atom stereocenters. The van der Waals surface area contributed by atoms with Gasteiger partial charge in [0.25, 0.3) is 0 Å². The van der Waals surface area contributed by atoms with Crippen molar-refractivity contribution >= 4 is 11.3 Å². The van der Waals surface area contributed by atoms with Gasteiger partial charge in [0.15, 0.2) is 0 Å². The standard InChI is InChI=1S/C12H19NOS/c1-2-13-11(12-6-4-8-15-12)9-10-5-3-7-14-10/h4,6,8,10-11,13H,2-3,5,7,9H2,1H3. The molecule has 2 atom stereocenters. The molecule has 0 spiro atoms. The van der Waals surface area contributed by atoms with E-state index in [0.717, 1.165) is 19.6 Å². The molecule has 3 heteroatoms. The van der Waals surface area contributed by atoms with E-state index in [1.165, 1.54) is 17.7 Å². The average molecular weight is 225 g/mol. The maximum Gasteiger partial charge on any atom is 0.0594 e. The van der Waals surface area contributed by atoms with Crippen LogP contribution in [0.15, 0.2) is 17.5 Å². The molecule has 1 aliphatic rings. The van der Waals surface area contributed by atoms with Crippen molar-refractivity contribution in [3.63, 3.8) is 0 Å². The van der Waals surface area contributed by atoms with Crippen LogP contribution in [0.4, 0.5) is 0 Å². The van der Waals surface area contributed by atoms with E-state index in [1.54, 1.807) is 0 Å². The highest BCUT2D eigenvalue weighted by Gasteiger charge is 2.21. The zero-order valence-electron chi connectivity index (χ0n) is 9.24. The molecule has 1 fully saturated rings. The monoisotopic (exact) mass is 225 g/mol.